The van der Waals surface area contributed by atoms with Gasteiger partial charge in [-0.15, -0.1) is 0 Å². The van der Waals surface area contributed by atoms with Crippen molar-refractivity contribution >= 4 is 46.3 Å². The normalized spacial score (nSPS) is 16.8. The number of phenols is 1. The number of benzene rings is 1. The Kier molecular flexibility index (Phi) is 4.98. The van der Waals surface area contributed by atoms with Crippen LogP contribution < -0.4 is 0 Å². The average molecular weight is 323 g/mol. The number of hydrogen-bond acceptors (Lipinski definition) is 5. The molecule has 5 nitrogen and oxygen atoms in total. The molecule has 1 fully saturated rings. The van der Waals surface area contributed by atoms with Crippen LogP contribution in [0.3, 0.4) is 0 Å². The van der Waals surface area contributed by atoms with Gasteiger partial charge in [0.15, 0.2) is 0 Å². The lowest BCUT2D eigenvalue weighted by Crippen LogP contribution is -2.29. The second-order valence-corrected chi connectivity index (χ2v) is 6.10. The summed E-state index contributed by atoms with van der Waals surface area (Å²) in [6, 6.07) is 6.57. The van der Waals surface area contributed by atoms with Crippen LogP contribution in [0.25, 0.3) is 6.08 Å². The number of amides is 1. The molecule has 1 aliphatic rings. The van der Waals surface area contributed by atoms with E-state index in [0.717, 1.165) is 0 Å². The molecule has 1 saturated heterocycles. The van der Waals surface area contributed by atoms with Gasteiger partial charge in [0.2, 0.25) is 0 Å². The van der Waals surface area contributed by atoms with Crippen LogP contribution in [-0.4, -0.2) is 37.9 Å². The van der Waals surface area contributed by atoms with Crippen LogP contribution in [-0.2, 0) is 9.59 Å². The Morgan fingerprint density at radius 3 is 2.86 bits per heavy atom. The summed E-state index contributed by atoms with van der Waals surface area (Å²) in [5, 5.41) is 18.0. The number of carbonyl (C=O) groups is 2. The van der Waals surface area contributed by atoms with Crippen LogP contribution in [0.15, 0.2) is 29.2 Å². The Morgan fingerprint density at radius 2 is 2.19 bits per heavy atom. The summed E-state index contributed by atoms with van der Waals surface area (Å²) < 4.78 is 0.428. The molecule has 110 valence electrons. The third-order valence-electron chi connectivity index (χ3n) is 2.81. The zero-order valence-corrected chi connectivity index (χ0v) is 12.6. The molecule has 1 amide bonds. The highest BCUT2D eigenvalue weighted by Crippen LogP contribution is 2.33. The number of phenolic OH excluding ortho intramolecular Hbond substituents is 1. The number of nitrogens with zero attached hydrogens (tertiary/aromatic N) is 1. The van der Waals surface area contributed by atoms with E-state index < -0.39 is 5.97 Å². The van der Waals surface area contributed by atoms with E-state index in [1.807, 2.05) is 0 Å². The first-order valence-corrected chi connectivity index (χ1v) is 7.46. The highest BCUT2D eigenvalue weighted by molar-refractivity contribution is 8.26. The Hall–Kier alpha value is -1.86. The van der Waals surface area contributed by atoms with E-state index in [4.69, 9.17) is 17.3 Å². The first kappa shape index (κ1) is 15.5. The topological polar surface area (TPSA) is 77.8 Å². The molecule has 1 aliphatic heterocycles. The van der Waals surface area contributed by atoms with Gasteiger partial charge in [0.1, 0.15) is 10.1 Å². The Balaban J connectivity index is 2.08. The highest BCUT2D eigenvalue weighted by atomic mass is 32.2. The molecule has 2 rings (SSSR count). The van der Waals surface area contributed by atoms with E-state index in [-0.39, 0.29) is 18.1 Å². The fourth-order valence-electron chi connectivity index (χ4n) is 1.85. The van der Waals surface area contributed by atoms with E-state index in [0.29, 0.717) is 27.8 Å². The van der Waals surface area contributed by atoms with Gasteiger partial charge in [-0.05, 0) is 30.2 Å². The lowest BCUT2D eigenvalue weighted by atomic mass is 10.2. The molecule has 0 saturated carbocycles. The molecule has 0 aromatic heterocycles. The summed E-state index contributed by atoms with van der Waals surface area (Å²) in [5.41, 5.74) is 0.709. The van der Waals surface area contributed by atoms with Gasteiger partial charge in [0.25, 0.3) is 5.91 Å². The summed E-state index contributed by atoms with van der Waals surface area (Å²) in [6.45, 7) is 0.300. The van der Waals surface area contributed by atoms with Gasteiger partial charge in [-0.2, -0.15) is 0 Å². The zero-order valence-electron chi connectivity index (χ0n) is 11.0. The lowest BCUT2D eigenvalue weighted by molar-refractivity contribution is -0.137. The van der Waals surface area contributed by atoms with Crippen LogP contribution in [0.4, 0.5) is 0 Å². The van der Waals surface area contributed by atoms with Gasteiger partial charge >= 0.3 is 5.97 Å². The monoisotopic (exact) mass is 323 g/mol. The minimum atomic E-state index is -0.893. The van der Waals surface area contributed by atoms with Crippen molar-refractivity contribution in [3.05, 3.63) is 34.7 Å². The third kappa shape index (κ3) is 4.05. The number of carbonyl (C=O) groups excluding carboxylic acids is 1. The molecule has 7 heteroatoms. The highest BCUT2D eigenvalue weighted by Gasteiger charge is 2.31. The molecular weight excluding hydrogens is 310 g/mol. The van der Waals surface area contributed by atoms with Crippen molar-refractivity contribution in [2.75, 3.05) is 6.54 Å². The first-order valence-electron chi connectivity index (χ1n) is 6.23. The van der Waals surface area contributed by atoms with Gasteiger partial charge < -0.3 is 10.2 Å². The fourth-order valence-corrected chi connectivity index (χ4v) is 3.16. The molecule has 1 aromatic rings. The van der Waals surface area contributed by atoms with Crippen LogP contribution >= 0.6 is 24.0 Å². The molecular formula is C14H13NO4S2. The number of thiocarbonyl (C=S) groups is 1. The molecule has 0 spiro atoms. The van der Waals surface area contributed by atoms with Crippen LogP contribution in [0.5, 0.6) is 5.75 Å². The summed E-state index contributed by atoms with van der Waals surface area (Å²) in [5.74, 6) is -0.991. The standard InChI is InChI=1S/C14H13NO4S2/c16-10-4-1-3-9(7-10)8-11-13(19)15(14(20)21-11)6-2-5-12(17)18/h1,3-4,7-8,16H,2,5-6H2,(H,17,18). The van der Waals surface area contributed by atoms with E-state index in [9.17, 15) is 14.7 Å². The summed E-state index contributed by atoms with van der Waals surface area (Å²) in [7, 11) is 0. The second-order valence-electron chi connectivity index (χ2n) is 4.43. The number of hydrogen-bond donors (Lipinski definition) is 2. The molecule has 1 aromatic carbocycles. The lowest BCUT2D eigenvalue weighted by Gasteiger charge is -2.13. The van der Waals surface area contributed by atoms with E-state index >= 15 is 0 Å². The number of carboxylic acids is 1. The van der Waals surface area contributed by atoms with Crippen LogP contribution in [0.2, 0.25) is 0 Å². The SMILES string of the molecule is O=C(O)CCCN1C(=O)C(=Cc2cccc(O)c2)SC1=S. The van der Waals surface area contributed by atoms with E-state index in [2.05, 4.69) is 0 Å². The Morgan fingerprint density at radius 1 is 1.43 bits per heavy atom. The predicted molar refractivity (Wildman–Crippen MR) is 84.9 cm³/mol. The zero-order chi connectivity index (χ0) is 15.4. The van der Waals surface area contributed by atoms with Gasteiger partial charge in [-0.3, -0.25) is 14.5 Å². The van der Waals surface area contributed by atoms with Crippen molar-refractivity contribution < 1.29 is 19.8 Å². The van der Waals surface area contributed by atoms with Crippen molar-refractivity contribution in [1.29, 1.82) is 0 Å². The maximum Gasteiger partial charge on any atom is 0.303 e. The molecule has 0 aliphatic carbocycles. The predicted octanol–water partition coefficient (Wildman–Crippen LogP) is 2.46. The van der Waals surface area contributed by atoms with E-state index in [1.165, 1.54) is 16.7 Å². The molecule has 2 N–H and O–H groups in total. The third-order valence-corrected chi connectivity index (χ3v) is 4.19. The Labute approximate surface area is 131 Å². The van der Waals surface area contributed by atoms with Crippen molar-refractivity contribution in [2.45, 2.75) is 12.8 Å². The van der Waals surface area contributed by atoms with Crippen molar-refractivity contribution in [1.82, 2.24) is 4.90 Å². The molecule has 21 heavy (non-hydrogen) atoms. The number of aliphatic carboxylic acids is 1. The second kappa shape index (κ2) is 6.73. The average Bonchev–Trinajstić information content (AvgIpc) is 2.66. The smallest absolute Gasteiger partial charge is 0.303 e. The van der Waals surface area contributed by atoms with Crippen LogP contribution in [0, 0.1) is 0 Å². The first-order chi connectivity index (χ1) is 9.97. The Bertz CT molecular complexity index is 627. The fraction of sp³-hybridized carbons (Fsp3) is 0.214. The minimum absolute atomic E-state index is 0.00264. The molecule has 0 atom stereocenters. The maximum absolute atomic E-state index is 12.2. The quantitative estimate of drug-likeness (QED) is 0.640. The number of carboxylic acid groups (broad SMARTS) is 1. The van der Waals surface area contributed by atoms with E-state index in [1.54, 1.807) is 30.3 Å². The van der Waals surface area contributed by atoms with Gasteiger partial charge in [-0.1, -0.05) is 36.1 Å². The molecule has 0 bridgehead atoms. The largest absolute Gasteiger partial charge is 0.508 e. The number of rotatable bonds is 5. The summed E-state index contributed by atoms with van der Waals surface area (Å²) in [6.07, 6.45) is 2.03. The van der Waals surface area contributed by atoms with Gasteiger partial charge in [0, 0.05) is 13.0 Å². The number of thioether (sulfide) groups is 1. The van der Waals surface area contributed by atoms with Crippen molar-refractivity contribution in [2.24, 2.45) is 0 Å². The molecule has 0 radical (unpaired) electrons. The van der Waals surface area contributed by atoms with Crippen molar-refractivity contribution in [3.8, 4) is 5.75 Å². The van der Waals surface area contributed by atoms with Gasteiger partial charge in [-0.25, -0.2) is 0 Å². The van der Waals surface area contributed by atoms with Gasteiger partial charge in [0.05, 0.1) is 4.91 Å². The summed E-state index contributed by atoms with van der Waals surface area (Å²) in [4.78, 5) is 24.6. The summed E-state index contributed by atoms with van der Waals surface area (Å²) >= 11 is 6.33. The molecule has 1 heterocycles. The number of aromatic hydroxyl groups is 1. The molecule has 0 unspecified atom stereocenters. The minimum Gasteiger partial charge on any atom is -0.508 e. The maximum atomic E-state index is 12.2. The van der Waals surface area contributed by atoms with Crippen molar-refractivity contribution in [3.63, 3.8) is 0 Å². The van der Waals surface area contributed by atoms with Crippen LogP contribution in [0.1, 0.15) is 18.4 Å².